The largest absolute Gasteiger partial charge is 0.493 e. The van der Waals surface area contributed by atoms with Crippen molar-refractivity contribution in [2.24, 2.45) is 5.92 Å². The van der Waals surface area contributed by atoms with Crippen LogP contribution in [0.15, 0.2) is 36.5 Å². The first-order valence-electron chi connectivity index (χ1n) is 8.80. The van der Waals surface area contributed by atoms with E-state index in [0.717, 1.165) is 36.5 Å². The number of hydrogen-bond acceptors (Lipinski definition) is 5. The number of aromatic carboxylic acids is 1. The van der Waals surface area contributed by atoms with E-state index in [1.807, 2.05) is 25.1 Å². The van der Waals surface area contributed by atoms with Gasteiger partial charge in [0.15, 0.2) is 0 Å². The summed E-state index contributed by atoms with van der Waals surface area (Å²) in [7, 11) is 0. The molecule has 2 aromatic rings. The van der Waals surface area contributed by atoms with Crippen molar-refractivity contribution in [1.82, 2.24) is 10.3 Å². The maximum absolute atomic E-state index is 12.3. The number of benzene rings is 1. The van der Waals surface area contributed by atoms with Crippen LogP contribution in [0.1, 0.15) is 38.4 Å². The van der Waals surface area contributed by atoms with Gasteiger partial charge in [-0.15, -0.1) is 0 Å². The van der Waals surface area contributed by atoms with Gasteiger partial charge in [0.2, 0.25) is 0 Å². The number of nitrogens with one attached hydrogen (secondary N) is 1. The molecule has 142 valence electrons. The van der Waals surface area contributed by atoms with Gasteiger partial charge in [0.1, 0.15) is 11.4 Å². The lowest BCUT2D eigenvalue weighted by Gasteiger charge is -2.15. The van der Waals surface area contributed by atoms with Gasteiger partial charge in [-0.3, -0.25) is 4.79 Å². The van der Waals surface area contributed by atoms with Crippen LogP contribution in [0.3, 0.4) is 0 Å². The number of rotatable bonds is 7. The van der Waals surface area contributed by atoms with Gasteiger partial charge < -0.3 is 19.9 Å². The van der Waals surface area contributed by atoms with Crippen molar-refractivity contribution in [1.29, 1.82) is 0 Å². The molecule has 1 aromatic carbocycles. The molecule has 7 nitrogen and oxygen atoms in total. The zero-order chi connectivity index (χ0) is 19.2. The molecule has 2 heterocycles. The van der Waals surface area contributed by atoms with Crippen molar-refractivity contribution in [3.8, 4) is 5.75 Å². The van der Waals surface area contributed by atoms with Crippen LogP contribution in [0.2, 0.25) is 0 Å². The summed E-state index contributed by atoms with van der Waals surface area (Å²) in [6, 6.07) is 8.61. The van der Waals surface area contributed by atoms with Crippen LogP contribution in [-0.2, 0) is 11.3 Å². The van der Waals surface area contributed by atoms with E-state index in [2.05, 4.69) is 10.3 Å². The lowest BCUT2D eigenvalue weighted by Crippen LogP contribution is -2.23. The van der Waals surface area contributed by atoms with E-state index in [0.29, 0.717) is 24.6 Å². The van der Waals surface area contributed by atoms with Crippen LogP contribution in [0, 0.1) is 12.8 Å². The Morgan fingerprint density at radius 3 is 2.85 bits per heavy atom. The third-order valence-electron chi connectivity index (χ3n) is 4.41. The Balaban J connectivity index is 1.62. The molecule has 1 aromatic heterocycles. The van der Waals surface area contributed by atoms with Crippen LogP contribution >= 0.6 is 0 Å². The third-order valence-corrected chi connectivity index (χ3v) is 4.41. The smallest absolute Gasteiger partial charge is 0.354 e. The maximum atomic E-state index is 12.3. The first-order chi connectivity index (χ1) is 13.0. The Kier molecular flexibility index (Phi) is 6.03. The molecule has 0 bridgehead atoms. The molecule has 0 aliphatic carbocycles. The van der Waals surface area contributed by atoms with Crippen LogP contribution in [0.25, 0.3) is 0 Å². The second-order valence-corrected chi connectivity index (χ2v) is 6.57. The number of carbonyl (C=O) groups excluding carboxylic acids is 1. The van der Waals surface area contributed by atoms with E-state index in [1.165, 1.54) is 18.3 Å². The number of amides is 1. The zero-order valence-electron chi connectivity index (χ0n) is 15.1. The zero-order valence-corrected chi connectivity index (χ0v) is 15.1. The van der Waals surface area contributed by atoms with Gasteiger partial charge in [0, 0.05) is 30.8 Å². The van der Waals surface area contributed by atoms with E-state index in [1.54, 1.807) is 0 Å². The summed E-state index contributed by atoms with van der Waals surface area (Å²) in [6.45, 7) is 4.38. The van der Waals surface area contributed by atoms with Crippen LogP contribution in [-0.4, -0.2) is 41.8 Å². The van der Waals surface area contributed by atoms with Gasteiger partial charge in [0.05, 0.1) is 18.8 Å². The molecule has 3 rings (SSSR count). The molecule has 1 amide bonds. The normalized spacial score (nSPS) is 16.1. The Hall–Kier alpha value is -2.93. The number of ether oxygens (including phenoxy) is 2. The summed E-state index contributed by atoms with van der Waals surface area (Å²) in [5, 5.41) is 11.7. The summed E-state index contributed by atoms with van der Waals surface area (Å²) in [6.07, 6.45) is 2.25. The maximum Gasteiger partial charge on any atom is 0.354 e. The van der Waals surface area contributed by atoms with E-state index < -0.39 is 5.97 Å². The summed E-state index contributed by atoms with van der Waals surface area (Å²) in [5.74, 6) is -0.306. The summed E-state index contributed by atoms with van der Waals surface area (Å²) in [4.78, 5) is 26.9. The molecule has 0 radical (unpaired) electrons. The number of carboxylic acids is 1. The van der Waals surface area contributed by atoms with Gasteiger partial charge >= 0.3 is 5.97 Å². The van der Waals surface area contributed by atoms with E-state index >= 15 is 0 Å². The lowest BCUT2D eigenvalue weighted by atomic mass is 10.1. The minimum atomic E-state index is -1.13. The minimum absolute atomic E-state index is 0.100. The first-order valence-corrected chi connectivity index (χ1v) is 8.80. The van der Waals surface area contributed by atoms with Gasteiger partial charge in [-0.2, -0.15) is 0 Å². The van der Waals surface area contributed by atoms with E-state index in [-0.39, 0.29) is 11.6 Å². The fourth-order valence-electron chi connectivity index (χ4n) is 2.80. The molecule has 1 atom stereocenters. The molecule has 1 fully saturated rings. The van der Waals surface area contributed by atoms with Gasteiger partial charge in [-0.05, 0) is 37.1 Å². The molecule has 7 heteroatoms. The summed E-state index contributed by atoms with van der Waals surface area (Å²) in [5.41, 5.74) is 2.16. The number of aryl methyl sites for hydroxylation is 1. The number of aromatic nitrogens is 1. The number of hydrogen-bond donors (Lipinski definition) is 2. The standard InChI is InChI=1S/C20H22N2O5/c1-13-2-3-15(18(8-13)27-12-14-6-7-26-11-14)9-22-19(23)16-4-5-17(20(24)25)21-10-16/h2-5,8,10,14H,6-7,9,11-12H2,1H3,(H,22,23)(H,24,25)/t14-/m1/s1. The molecular weight excluding hydrogens is 348 g/mol. The predicted molar refractivity (Wildman–Crippen MR) is 98.0 cm³/mol. The second-order valence-electron chi connectivity index (χ2n) is 6.57. The van der Waals surface area contributed by atoms with Crippen molar-refractivity contribution >= 4 is 11.9 Å². The van der Waals surface area contributed by atoms with Crippen molar-refractivity contribution in [3.63, 3.8) is 0 Å². The Morgan fingerprint density at radius 1 is 1.33 bits per heavy atom. The molecule has 1 saturated heterocycles. The highest BCUT2D eigenvalue weighted by Gasteiger charge is 2.17. The molecule has 0 saturated carbocycles. The summed E-state index contributed by atoms with van der Waals surface area (Å²) >= 11 is 0. The molecular formula is C20H22N2O5. The van der Waals surface area contributed by atoms with Crippen LogP contribution in [0.5, 0.6) is 5.75 Å². The fraction of sp³-hybridized carbons (Fsp3) is 0.350. The SMILES string of the molecule is Cc1ccc(CNC(=O)c2ccc(C(=O)O)nc2)c(OC[C@@H]2CCOC2)c1. The quantitative estimate of drug-likeness (QED) is 0.777. The highest BCUT2D eigenvalue weighted by atomic mass is 16.5. The second kappa shape index (κ2) is 8.64. The third kappa shape index (κ3) is 5.04. The molecule has 1 aliphatic heterocycles. The van der Waals surface area contributed by atoms with Gasteiger partial charge in [-0.1, -0.05) is 12.1 Å². The summed E-state index contributed by atoms with van der Waals surface area (Å²) < 4.78 is 11.3. The Morgan fingerprint density at radius 2 is 2.19 bits per heavy atom. The molecule has 0 unspecified atom stereocenters. The van der Waals surface area contributed by atoms with Crippen molar-refractivity contribution in [2.45, 2.75) is 19.9 Å². The topological polar surface area (TPSA) is 97.8 Å². The molecule has 1 aliphatic rings. The molecule has 2 N–H and O–H groups in total. The molecule has 27 heavy (non-hydrogen) atoms. The first kappa shape index (κ1) is 18.8. The van der Waals surface area contributed by atoms with E-state index in [9.17, 15) is 9.59 Å². The van der Waals surface area contributed by atoms with E-state index in [4.69, 9.17) is 14.6 Å². The van der Waals surface area contributed by atoms with Gasteiger partial charge in [0.25, 0.3) is 5.91 Å². The highest BCUT2D eigenvalue weighted by Crippen LogP contribution is 2.22. The lowest BCUT2D eigenvalue weighted by molar-refractivity contribution is 0.0689. The fourth-order valence-corrected chi connectivity index (χ4v) is 2.80. The average molecular weight is 370 g/mol. The van der Waals surface area contributed by atoms with Crippen molar-refractivity contribution in [3.05, 3.63) is 58.9 Å². The van der Waals surface area contributed by atoms with Crippen molar-refractivity contribution < 1.29 is 24.2 Å². The Bertz CT molecular complexity index is 814. The Labute approximate surface area is 157 Å². The minimum Gasteiger partial charge on any atom is -0.493 e. The molecule has 0 spiro atoms. The highest BCUT2D eigenvalue weighted by molar-refractivity contribution is 5.94. The predicted octanol–water partition coefficient (Wildman–Crippen LogP) is 2.43. The van der Waals surface area contributed by atoms with Gasteiger partial charge in [-0.25, -0.2) is 9.78 Å². The number of pyridine rings is 1. The van der Waals surface area contributed by atoms with Crippen LogP contribution in [0.4, 0.5) is 0 Å². The van der Waals surface area contributed by atoms with Crippen molar-refractivity contribution in [2.75, 3.05) is 19.8 Å². The van der Waals surface area contributed by atoms with Crippen LogP contribution < -0.4 is 10.1 Å². The monoisotopic (exact) mass is 370 g/mol. The number of nitrogens with zero attached hydrogens (tertiary/aromatic N) is 1. The number of carboxylic acid groups (broad SMARTS) is 1. The number of carbonyl (C=O) groups is 2. The average Bonchev–Trinajstić information content (AvgIpc) is 3.19.